The summed E-state index contributed by atoms with van der Waals surface area (Å²) in [5.41, 5.74) is 2.78. The number of benzene rings is 1. The number of hydrogen-bond donors (Lipinski definition) is 1. The molecule has 204 valence electrons. The SMILES string of the molecule is Cc1cc(C(C(=O)N2C[C@H](O)CC2C2=NC(=O)C(C)(c3ccc(-c4cccc(=O)n4C)cc3)C2)C(C)C)on1. The van der Waals surface area contributed by atoms with Crippen LogP contribution < -0.4 is 5.56 Å². The molecular weight excluding hydrogens is 496 g/mol. The number of hydrogen-bond acceptors (Lipinski definition) is 6. The van der Waals surface area contributed by atoms with Gasteiger partial charge in [-0.15, -0.1) is 0 Å². The summed E-state index contributed by atoms with van der Waals surface area (Å²) in [5, 5.41) is 14.5. The molecule has 1 fully saturated rings. The van der Waals surface area contributed by atoms with E-state index >= 15 is 0 Å². The molecule has 0 bridgehead atoms. The van der Waals surface area contributed by atoms with E-state index in [1.165, 1.54) is 6.07 Å². The number of β-amino-alcohol motifs (C(OH)–C–C–N with tert-alkyl or cyclic N) is 1. The summed E-state index contributed by atoms with van der Waals surface area (Å²) < 4.78 is 7.04. The second-order valence-electron chi connectivity index (χ2n) is 11.3. The van der Waals surface area contributed by atoms with Gasteiger partial charge < -0.3 is 19.1 Å². The molecule has 3 aromatic rings. The minimum absolute atomic E-state index is 0.0525. The molecule has 39 heavy (non-hydrogen) atoms. The molecule has 9 nitrogen and oxygen atoms in total. The predicted octanol–water partition coefficient (Wildman–Crippen LogP) is 3.38. The van der Waals surface area contributed by atoms with E-state index < -0.39 is 23.5 Å². The fourth-order valence-corrected chi connectivity index (χ4v) is 5.83. The lowest BCUT2D eigenvalue weighted by Crippen LogP contribution is -2.44. The molecule has 2 aliphatic heterocycles. The second kappa shape index (κ2) is 10.0. The molecule has 1 aromatic carbocycles. The number of amides is 2. The molecule has 2 aromatic heterocycles. The molecule has 1 saturated heterocycles. The van der Waals surface area contributed by atoms with E-state index in [9.17, 15) is 19.5 Å². The summed E-state index contributed by atoms with van der Waals surface area (Å²) in [6.45, 7) is 7.75. The Balaban J connectivity index is 1.40. The molecule has 0 saturated carbocycles. The van der Waals surface area contributed by atoms with Gasteiger partial charge >= 0.3 is 0 Å². The first-order valence-electron chi connectivity index (χ1n) is 13.3. The van der Waals surface area contributed by atoms with Crippen LogP contribution in [0.3, 0.4) is 0 Å². The molecule has 2 amide bonds. The van der Waals surface area contributed by atoms with E-state index in [1.54, 1.807) is 28.6 Å². The standard InChI is InChI=1S/C30H34N4O5/c1-17(2)27(25-13-18(3)32-39-25)28(37)34-16-21(35)14-24(34)22-15-30(4,29(38)31-22)20-11-9-19(10-12-20)23-7-6-8-26(36)33(23)5/h6-13,17,21,24,27,35H,14-16H2,1-5H3/t21-,24?,27?,30?/m1/s1. The predicted molar refractivity (Wildman–Crippen MR) is 146 cm³/mol. The Morgan fingerprint density at radius 1 is 1.15 bits per heavy atom. The quantitative estimate of drug-likeness (QED) is 0.522. The topological polar surface area (TPSA) is 118 Å². The molecule has 9 heteroatoms. The van der Waals surface area contributed by atoms with Crippen LogP contribution in [0.25, 0.3) is 11.3 Å². The fourth-order valence-electron chi connectivity index (χ4n) is 5.83. The van der Waals surface area contributed by atoms with Crippen LogP contribution in [0.2, 0.25) is 0 Å². The highest BCUT2D eigenvalue weighted by Gasteiger charge is 2.48. The first-order valence-corrected chi connectivity index (χ1v) is 13.3. The zero-order chi connectivity index (χ0) is 28.1. The van der Waals surface area contributed by atoms with Crippen LogP contribution in [0.15, 0.2) is 62.8 Å². The van der Waals surface area contributed by atoms with Crippen LogP contribution in [-0.4, -0.2) is 55.9 Å². The third-order valence-electron chi connectivity index (χ3n) is 8.09. The zero-order valence-electron chi connectivity index (χ0n) is 22.9. The number of nitrogens with zero attached hydrogens (tertiary/aromatic N) is 4. The van der Waals surface area contributed by atoms with Crippen molar-refractivity contribution in [1.82, 2.24) is 14.6 Å². The first-order chi connectivity index (χ1) is 18.5. The van der Waals surface area contributed by atoms with Gasteiger partial charge in [-0.2, -0.15) is 0 Å². The molecule has 4 heterocycles. The average Bonchev–Trinajstić information content (AvgIpc) is 3.58. The van der Waals surface area contributed by atoms with Gasteiger partial charge in [-0.25, -0.2) is 4.99 Å². The summed E-state index contributed by atoms with van der Waals surface area (Å²) >= 11 is 0. The Hall–Kier alpha value is -3.85. The lowest BCUT2D eigenvalue weighted by molar-refractivity contribution is -0.134. The van der Waals surface area contributed by atoms with Gasteiger partial charge in [-0.05, 0) is 37.0 Å². The average molecular weight is 531 g/mol. The number of carbonyl (C=O) groups is 2. The maximum Gasteiger partial charge on any atom is 0.256 e. The summed E-state index contributed by atoms with van der Waals surface area (Å²) in [5.74, 6) is -0.535. The maximum absolute atomic E-state index is 13.8. The van der Waals surface area contributed by atoms with Crippen LogP contribution in [-0.2, 0) is 22.1 Å². The molecule has 0 radical (unpaired) electrons. The minimum atomic E-state index is -0.891. The largest absolute Gasteiger partial charge is 0.391 e. The van der Waals surface area contributed by atoms with Crippen molar-refractivity contribution in [3.05, 3.63) is 75.9 Å². The van der Waals surface area contributed by atoms with Crippen LogP contribution in [0.1, 0.15) is 56.5 Å². The fraction of sp³-hybridized carbons (Fsp3) is 0.433. The van der Waals surface area contributed by atoms with E-state index in [4.69, 9.17) is 4.52 Å². The van der Waals surface area contributed by atoms with Crippen molar-refractivity contribution in [3.8, 4) is 11.3 Å². The smallest absolute Gasteiger partial charge is 0.256 e. The molecule has 0 spiro atoms. The van der Waals surface area contributed by atoms with Crippen molar-refractivity contribution in [2.24, 2.45) is 18.0 Å². The molecule has 3 unspecified atom stereocenters. The van der Waals surface area contributed by atoms with Gasteiger partial charge in [0, 0.05) is 44.3 Å². The van der Waals surface area contributed by atoms with E-state index in [0.29, 0.717) is 30.0 Å². The van der Waals surface area contributed by atoms with E-state index in [-0.39, 0.29) is 29.8 Å². The Labute approximate surface area is 227 Å². The Morgan fingerprint density at radius 2 is 1.87 bits per heavy atom. The number of aromatic nitrogens is 2. The van der Waals surface area contributed by atoms with Crippen molar-refractivity contribution >= 4 is 17.5 Å². The van der Waals surface area contributed by atoms with Crippen molar-refractivity contribution in [2.45, 2.75) is 64.0 Å². The zero-order valence-corrected chi connectivity index (χ0v) is 22.9. The molecule has 5 rings (SSSR count). The van der Waals surface area contributed by atoms with Crippen LogP contribution in [0, 0.1) is 12.8 Å². The number of aliphatic imine (C=N–C) groups is 1. The van der Waals surface area contributed by atoms with Gasteiger partial charge in [0.05, 0.1) is 28.9 Å². The van der Waals surface area contributed by atoms with E-state index in [2.05, 4.69) is 10.1 Å². The molecular formula is C30H34N4O5. The van der Waals surface area contributed by atoms with Crippen molar-refractivity contribution in [3.63, 3.8) is 0 Å². The molecule has 2 aliphatic rings. The number of pyridine rings is 1. The van der Waals surface area contributed by atoms with Gasteiger partial charge in [-0.1, -0.05) is 49.3 Å². The van der Waals surface area contributed by atoms with E-state index in [1.807, 2.05) is 58.0 Å². The summed E-state index contributed by atoms with van der Waals surface area (Å²) in [6, 6.07) is 14.0. The Kier molecular flexibility index (Phi) is 6.88. The third-order valence-corrected chi connectivity index (χ3v) is 8.09. The van der Waals surface area contributed by atoms with Gasteiger partial charge in [0.25, 0.3) is 11.5 Å². The number of rotatable bonds is 6. The summed E-state index contributed by atoms with van der Waals surface area (Å²) in [7, 11) is 1.73. The molecule has 1 N–H and O–H groups in total. The summed E-state index contributed by atoms with van der Waals surface area (Å²) in [6.07, 6.45) is -0.0243. The van der Waals surface area contributed by atoms with Crippen LogP contribution in [0.5, 0.6) is 0 Å². The van der Waals surface area contributed by atoms with Gasteiger partial charge in [-0.3, -0.25) is 14.4 Å². The Bertz CT molecular complexity index is 1500. The molecule has 4 atom stereocenters. The Morgan fingerprint density at radius 3 is 2.51 bits per heavy atom. The first kappa shape index (κ1) is 26.7. The van der Waals surface area contributed by atoms with Crippen molar-refractivity contribution < 1.29 is 19.2 Å². The van der Waals surface area contributed by atoms with Gasteiger partial charge in [0.1, 0.15) is 11.7 Å². The normalized spacial score (nSPS) is 23.9. The van der Waals surface area contributed by atoms with Crippen molar-refractivity contribution in [1.29, 1.82) is 0 Å². The van der Waals surface area contributed by atoms with Crippen molar-refractivity contribution in [2.75, 3.05) is 6.54 Å². The number of likely N-dealkylation sites (tertiary alicyclic amines) is 1. The maximum atomic E-state index is 13.8. The number of aliphatic hydroxyl groups excluding tert-OH is 1. The monoisotopic (exact) mass is 530 g/mol. The van der Waals surface area contributed by atoms with Crippen LogP contribution in [0.4, 0.5) is 0 Å². The molecule has 0 aliphatic carbocycles. The second-order valence-corrected chi connectivity index (χ2v) is 11.3. The highest BCUT2D eigenvalue weighted by atomic mass is 16.5. The summed E-state index contributed by atoms with van der Waals surface area (Å²) in [4.78, 5) is 45.3. The highest BCUT2D eigenvalue weighted by Crippen LogP contribution is 2.39. The highest BCUT2D eigenvalue weighted by molar-refractivity contribution is 6.11. The minimum Gasteiger partial charge on any atom is -0.391 e. The van der Waals surface area contributed by atoms with Gasteiger partial charge in [0.2, 0.25) is 5.91 Å². The number of aryl methyl sites for hydroxylation is 1. The van der Waals surface area contributed by atoms with Crippen LogP contribution >= 0.6 is 0 Å². The lowest BCUT2D eigenvalue weighted by atomic mass is 9.78. The van der Waals surface area contributed by atoms with E-state index in [0.717, 1.165) is 16.8 Å². The number of carbonyl (C=O) groups excluding carboxylic acids is 2. The number of aliphatic hydroxyl groups is 1. The van der Waals surface area contributed by atoms with Gasteiger partial charge in [0.15, 0.2) is 0 Å². The lowest BCUT2D eigenvalue weighted by Gasteiger charge is -2.30. The third kappa shape index (κ3) is 4.76.